The molecule has 9 nitrogen and oxygen atoms in total. The van der Waals surface area contributed by atoms with Crippen LogP contribution in [0.25, 0.3) is 0 Å². The molecule has 0 aliphatic heterocycles. The van der Waals surface area contributed by atoms with Gasteiger partial charge in [-0.2, -0.15) is 0 Å². The van der Waals surface area contributed by atoms with E-state index in [-0.39, 0.29) is 44.4 Å². The van der Waals surface area contributed by atoms with Crippen molar-refractivity contribution in [1.82, 2.24) is 0 Å². The third kappa shape index (κ3) is 25.8. The van der Waals surface area contributed by atoms with Gasteiger partial charge in [0.1, 0.15) is 12.7 Å². The first-order valence-electron chi connectivity index (χ1n) is 17.7. The molecule has 0 saturated carbocycles. The second kappa shape index (κ2) is 32.3. The summed E-state index contributed by atoms with van der Waals surface area (Å²) in [4.78, 5) is 50.8. The number of nitrogens with zero attached hydrogens (tertiary/aromatic N) is 1. The zero-order chi connectivity index (χ0) is 42.2. The molecule has 0 aliphatic carbocycles. The smallest absolute Gasteiger partial charge is 0.330 e. The van der Waals surface area contributed by atoms with Crippen LogP contribution in [0.3, 0.4) is 0 Å². The zero-order valence-corrected chi connectivity index (χ0v) is 38.1. The summed E-state index contributed by atoms with van der Waals surface area (Å²) in [6.45, 7) is 6.94. The van der Waals surface area contributed by atoms with Crippen molar-refractivity contribution in [2.24, 2.45) is 4.99 Å². The largest absolute Gasteiger partial charge is 0.463 e. The summed E-state index contributed by atoms with van der Waals surface area (Å²) in [6.07, 6.45) is 3.59. The van der Waals surface area contributed by atoms with Gasteiger partial charge in [-0.15, -0.1) is 47.0 Å². The topological polar surface area (TPSA) is 129 Å². The number of aliphatic imine (C=N–C) groups is 1. The SMILES string of the molecule is C=CC(=O)OCCCC(=O)OC(CSc1ccccc1)CSc1ccc(Br)cc1.C=CC(=O)OCCN=C=O.OC(CSc1ccccc1)CSc1ccc(Br)cc1. The number of aliphatic hydroxyl groups is 1. The number of benzene rings is 4. The summed E-state index contributed by atoms with van der Waals surface area (Å²) in [5.74, 6) is 1.51. The molecular weight excluding hydrogens is 947 g/mol. The quantitative estimate of drug-likeness (QED) is 0.0153. The Morgan fingerprint density at radius 3 is 1.50 bits per heavy atom. The Balaban J connectivity index is 0.000000341. The highest BCUT2D eigenvalue weighted by Crippen LogP contribution is 2.26. The van der Waals surface area contributed by atoms with Crippen molar-refractivity contribution in [3.05, 3.63) is 143 Å². The molecule has 0 heterocycles. The molecule has 4 rings (SSSR count). The molecule has 0 fully saturated rings. The minimum absolute atomic E-state index is 0.0973. The van der Waals surface area contributed by atoms with Gasteiger partial charge in [0, 0.05) is 70.1 Å². The van der Waals surface area contributed by atoms with E-state index in [1.165, 1.54) is 15.9 Å². The van der Waals surface area contributed by atoms with E-state index in [0.717, 1.165) is 42.4 Å². The van der Waals surface area contributed by atoms with Crippen molar-refractivity contribution in [2.45, 2.75) is 44.6 Å². The van der Waals surface area contributed by atoms with E-state index in [4.69, 9.17) is 9.47 Å². The van der Waals surface area contributed by atoms with Gasteiger partial charge in [-0.1, -0.05) is 81.4 Å². The van der Waals surface area contributed by atoms with Crippen LogP contribution in [0.15, 0.2) is 168 Å². The summed E-state index contributed by atoms with van der Waals surface area (Å²) < 4.78 is 17.2. The maximum absolute atomic E-state index is 12.2. The van der Waals surface area contributed by atoms with Crippen molar-refractivity contribution in [3.63, 3.8) is 0 Å². The van der Waals surface area contributed by atoms with E-state index >= 15 is 0 Å². The number of aliphatic hydroxyl groups excluding tert-OH is 1. The maximum atomic E-state index is 12.2. The van der Waals surface area contributed by atoms with Gasteiger partial charge in [-0.25, -0.2) is 19.4 Å². The number of isocyanates is 1. The first-order valence-corrected chi connectivity index (χ1v) is 23.3. The van der Waals surface area contributed by atoms with Crippen LogP contribution in [0.1, 0.15) is 12.8 Å². The Morgan fingerprint density at radius 1 is 0.655 bits per heavy atom. The Morgan fingerprint density at radius 2 is 1.07 bits per heavy atom. The molecule has 2 atom stereocenters. The molecule has 0 spiro atoms. The molecule has 1 N–H and O–H groups in total. The molecular formula is C43H45Br2NO8S4. The van der Waals surface area contributed by atoms with Crippen LogP contribution in [-0.4, -0.2) is 84.1 Å². The molecule has 0 saturated heterocycles. The van der Waals surface area contributed by atoms with Crippen molar-refractivity contribution in [1.29, 1.82) is 0 Å². The maximum Gasteiger partial charge on any atom is 0.330 e. The van der Waals surface area contributed by atoms with E-state index < -0.39 is 11.9 Å². The number of hydrogen-bond donors (Lipinski definition) is 1. The normalized spacial score (nSPS) is 11.1. The lowest BCUT2D eigenvalue weighted by atomic mass is 10.3. The van der Waals surface area contributed by atoms with Crippen LogP contribution in [0.2, 0.25) is 0 Å². The van der Waals surface area contributed by atoms with Crippen LogP contribution in [0.4, 0.5) is 0 Å². The average molecular weight is 992 g/mol. The number of hydrogen-bond acceptors (Lipinski definition) is 13. The number of ether oxygens (including phenoxy) is 3. The average Bonchev–Trinajstić information content (AvgIpc) is 3.25. The lowest BCUT2D eigenvalue weighted by molar-refractivity contribution is -0.148. The summed E-state index contributed by atoms with van der Waals surface area (Å²) >= 11 is 13.6. The number of rotatable bonds is 22. The third-order valence-electron chi connectivity index (χ3n) is 6.78. The van der Waals surface area contributed by atoms with E-state index in [0.29, 0.717) is 17.9 Å². The van der Waals surface area contributed by atoms with Gasteiger partial charge in [-0.05, 0) is 79.2 Å². The van der Waals surface area contributed by atoms with Crippen LogP contribution in [-0.2, 0) is 33.4 Å². The highest BCUT2D eigenvalue weighted by atomic mass is 79.9. The molecule has 0 amide bonds. The van der Waals surface area contributed by atoms with Crippen molar-refractivity contribution >= 4 is 103 Å². The van der Waals surface area contributed by atoms with E-state index in [2.05, 4.69) is 79.0 Å². The second-order valence-electron chi connectivity index (χ2n) is 11.4. The van der Waals surface area contributed by atoms with E-state index in [1.54, 1.807) is 47.0 Å². The predicted octanol–water partition coefficient (Wildman–Crippen LogP) is 10.5. The highest BCUT2D eigenvalue weighted by molar-refractivity contribution is 9.10. The second-order valence-corrected chi connectivity index (χ2v) is 17.6. The lowest BCUT2D eigenvalue weighted by Crippen LogP contribution is -2.23. The molecule has 4 aromatic carbocycles. The van der Waals surface area contributed by atoms with Crippen molar-refractivity contribution in [3.8, 4) is 0 Å². The molecule has 0 radical (unpaired) electrons. The predicted molar refractivity (Wildman–Crippen MR) is 244 cm³/mol. The lowest BCUT2D eigenvalue weighted by Gasteiger charge is -2.18. The van der Waals surface area contributed by atoms with Crippen LogP contribution in [0.5, 0.6) is 0 Å². The molecule has 0 bridgehead atoms. The molecule has 2 unspecified atom stereocenters. The Labute approximate surface area is 374 Å². The minimum atomic E-state index is -0.513. The van der Waals surface area contributed by atoms with Gasteiger partial charge in [0.05, 0.1) is 19.3 Å². The van der Waals surface area contributed by atoms with Gasteiger partial charge in [0.15, 0.2) is 0 Å². The van der Waals surface area contributed by atoms with Crippen LogP contribution in [0, 0.1) is 0 Å². The Hall–Kier alpha value is -3.53. The molecule has 0 aromatic heterocycles. The number of carbonyl (C=O) groups is 3. The number of carbonyl (C=O) groups excluding carboxylic acids is 4. The van der Waals surface area contributed by atoms with Crippen molar-refractivity contribution < 1.29 is 38.5 Å². The van der Waals surface area contributed by atoms with Gasteiger partial charge >= 0.3 is 17.9 Å². The fourth-order valence-corrected chi connectivity index (χ4v) is 8.33. The summed E-state index contributed by atoms with van der Waals surface area (Å²) in [5, 5.41) is 9.98. The molecule has 4 aromatic rings. The Kier molecular flexibility index (Phi) is 28.2. The van der Waals surface area contributed by atoms with Gasteiger partial charge < -0.3 is 19.3 Å². The van der Waals surface area contributed by atoms with E-state index in [9.17, 15) is 24.3 Å². The Bertz CT molecular complexity index is 1830. The monoisotopic (exact) mass is 989 g/mol. The fourth-order valence-electron chi connectivity index (χ4n) is 4.01. The van der Waals surface area contributed by atoms with Crippen LogP contribution < -0.4 is 0 Å². The molecule has 58 heavy (non-hydrogen) atoms. The minimum Gasteiger partial charge on any atom is -0.463 e. The summed E-state index contributed by atoms with van der Waals surface area (Å²) in [7, 11) is 0. The molecule has 0 aliphatic rings. The first kappa shape index (κ1) is 50.6. The van der Waals surface area contributed by atoms with Gasteiger partial charge in [0.25, 0.3) is 0 Å². The number of esters is 3. The van der Waals surface area contributed by atoms with Gasteiger partial charge in [0.2, 0.25) is 6.08 Å². The molecule has 15 heteroatoms. The van der Waals surface area contributed by atoms with Gasteiger partial charge in [-0.3, -0.25) is 4.79 Å². The van der Waals surface area contributed by atoms with Crippen LogP contribution >= 0.6 is 78.9 Å². The molecule has 308 valence electrons. The zero-order valence-electron chi connectivity index (χ0n) is 31.6. The summed E-state index contributed by atoms with van der Waals surface area (Å²) in [6, 6.07) is 36.4. The van der Waals surface area contributed by atoms with Crippen molar-refractivity contribution in [2.75, 3.05) is 42.8 Å². The third-order valence-corrected chi connectivity index (χ3v) is 12.4. The highest BCUT2D eigenvalue weighted by Gasteiger charge is 2.16. The number of thioether (sulfide) groups is 4. The summed E-state index contributed by atoms with van der Waals surface area (Å²) in [5.41, 5.74) is 0. The van der Waals surface area contributed by atoms with E-state index in [1.807, 2.05) is 84.9 Å². The first-order chi connectivity index (χ1) is 28.1. The fraction of sp³-hybridized carbons (Fsp3) is 0.256. The number of halogens is 2. The standard InChI is InChI=1S/C22H23BrO4S2.C15H15BrOS2.C6H7NO3/c1-2-21(24)26-14-6-9-22(25)27-18(15-28-19-7-4-3-5-8-19)16-29-20-12-10-17(23)11-13-20;16-12-6-8-15(9-7-12)19-11-13(17)10-18-14-4-2-1-3-5-14;1-2-6(9)10-4-3-7-5-8/h2-5,7-8,10-13,18H,1,6,9,14-16H2;1-9,13,17H,10-11H2;2H,1,3-4H2.